The maximum atomic E-state index is 11.7. The first-order chi connectivity index (χ1) is 7.12. The van der Waals surface area contributed by atoms with Crippen molar-refractivity contribution >= 4 is 19.9 Å². The Bertz CT molecular complexity index is 439. The lowest BCUT2D eigenvalue weighted by Gasteiger charge is -2.16. The van der Waals surface area contributed by atoms with Gasteiger partial charge in [-0.25, -0.2) is 21.1 Å². The van der Waals surface area contributed by atoms with E-state index in [1.165, 1.54) is 0 Å². The van der Waals surface area contributed by atoms with E-state index in [-0.39, 0.29) is 19.0 Å². The third-order valence-corrected chi connectivity index (χ3v) is 6.65. The van der Waals surface area contributed by atoms with Crippen molar-refractivity contribution in [2.45, 2.75) is 19.4 Å². The molecule has 96 valence electrons. The molecule has 2 unspecified atom stereocenters. The van der Waals surface area contributed by atoms with Crippen molar-refractivity contribution in [3.63, 3.8) is 0 Å². The molecule has 1 heterocycles. The quantitative estimate of drug-likeness (QED) is 0.709. The van der Waals surface area contributed by atoms with Crippen LogP contribution in [0.5, 0.6) is 0 Å². The number of hydrogen-bond acceptors (Lipinski definition) is 5. The molecule has 0 aromatic carbocycles. The first-order valence-electron chi connectivity index (χ1n) is 4.95. The molecule has 0 spiro atoms. The lowest BCUT2D eigenvalue weighted by molar-refractivity contribution is 0.133. The minimum atomic E-state index is -3.75. The Balaban J connectivity index is 2.74. The van der Waals surface area contributed by atoms with E-state index >= 15 is 0 Å². The Morgan fingerprint density at radius 2 is 1.94 bits per heavy atom. The first kappa shape index (κ1) is 13.9. The summed E-state index contributed by atoms with van der Waals surface area (Å²) in [6, 6.07) is 0. The molecule has 0 aromatic rings. The second-order valence-electron chi connectivity index (χ2n) is 4.30. The fourth-order valence-electron chi connectivity index (χ4n) is 1.75. The molecule has 0 bridgehead atoms. The second-order valence-corrected chi connectivity index (χ2v) is 8.78. The largest absolute Gasteiger partial charge is 0.393 e. The predicted molar refractivity (Wildman–Crippen MR) is 60.0 cm³/mol. The van der Waals surface area contributed by atoms with Crippen LogP contribution in [0.2, 0.25) is 0 Å². The van der Waals surface area contributed by atoms with Crippen molar-refractivity contribution in [2.75, 3.05) is 24.4 Å². The molecule has 1 saturated heterocycles. The predicted octanol–water partition coefficient (Wildman–Crippen LogP) is -0.979. The van der Waals surface area contributed by atoms with Crippen molar-refractivity contribution in [3.8, 4) is 0 Å². The van der Waals surface area contributed by atoms with Gasteiger partial charge in [-0.05, 0) is 19.3 Å². The lowest BCUT2D eigenvalue weighted by atomic mass is 10.0. The van der Waals surface area contributed by atoms with Crippen LogP contribution in [0.25, 0.3) is 0 Å². The van der Waals surface area contributed by atoms with Gasteiger partial charge in [0.25, 0.3) is 0 Å². The molecule has 0 saturated carbocycles. The standard InChI is InChI=1S/C8H17NO5S2/c1-7(10)8-3-4-9(5-8)16(13,14)6-15(2,11)12/h7-8,10H,3-6H2,1-2H3. The van der Waals surface area contributed by atoms with Gasteiger partial charge in [0.05, 0.1) is 6.10 Å². The van der Waals surface area contributed by atoms with Crippen molar-refractivity contribution < 1.29 is 21.9 Å². The van der Waals surface area contributed by atoms with Crippen LogP contribution in [-0.4, -0.2) is 56.8 Å². The van der Waals surface area contributed by atoms with E-state index in [1.807, 2.05) is 0 Å². The van der Waals surface area contributed by atoms with Crippen LogP contribution in [0.15, 0.2) is 0 Å². The molecule has 0 radical (unpaired) electrons. The van der Waals surface area contributed by atoms with Gasteiger partial charge in [0.1, 0.15) is 0 Å². The van der Waals surface area contributed by atoms with Gasteiger partial charge < -0.3 is 5.11 Å². The van der Waals surface area contributed by atoms with Gasteiger partial charge >= 0.3 is 0 Å². The summed E-state index contributed by atoms with van der Waals surface area (Å²) in [5, 5.41) is 8.47. The highest BCUT2D eigenvalue weighted by Crippen LogP contribution is 2.22. The van der Waals surface area contributed by atoms with Crippen LogP contribution in [0, 0.1) is 5.92 Å². The molecule has 8 heteroatoms. The van der Waals surface area contributed by atoms with Crippen LogP contribution in [0.3, 0.4) is 0 Å². The highest BCUT2D eigenvalue weighted by Gasteiger charge is 2.34. The van der Waals surface area contributed by atoms with E-state index in [2.05, 4.69) is 0 Å². The number of aliphatic hydroxyl groups excluding tert-OH is 1. The van der Waals surface area contributed by atoms with Crippen LogP contribution in [0.1, 0.15) is 13.3 Å². The van der Waals surface area contributed by atoms with Gasteiger partial charge in [-0.15, -0.1) is 0 Å². The molecule has 1 fully saturated rings. The van der Waals surface area contributed by atoms with Crippen molar-refractivity contribution in [2.24, 2.45) is 5.92 Å². The normalized spacial score (nSPS) is 25.8. The molecule has 6 nitrogen and oxygen atoms in total. The summed E-state index contributed by atoms with van der Waals surface area (Å²) in [6.45, 7) is 2.10. The number of sulfone groups is 1. The maximum Gasteiger partial charge on any atom is 0.228 e. The summed E-state index contributed by atoms with van der Waals surface area (Å²) in [4.78, 5) is 0. The fourth-order valence-corrected chi connectivity index (χ4v) is 5.31. The Morgan fingerprint density at radius 1 is 1.38 bits per heavy atom. The summed E-state index contributed by atoms with van der Waals surface area (Å²) in [5.74, 6) is -0.102. The minimum absolute atomic E-state index is 0.102. The molecular weight excluding hydrogens is 254 g/mol. The summed E-state index contributed by atoms with van der Waals surface area (Å²) in [6.07, 6.45) is 0.895. The zero-order valence-corrected chi connectivity index (χ0v) is 11.0. The summed E-state index contributed by atoms with van der Waals surface area (Å²) in [7, 11) is -7.30. The molecule has 1 rings (SSSR count). The Morgan fingerprint density at radius 3 is 2.31 bits per heavy atom. The average molecular weight is 271 g/mol. The number of aliphatic hydroxyl groups is 1. The molecule has 0 amide bonds. The Labute approximate surface area is 96.2 Å². The zero-order valence-electron chi connectivity index (χ0n) is 9.33. The highest BCUT2D eigenvalue weighted by atomic mass is 32.3. The molecular formula is C8H17NO5S2. The van der Waals surface area contributed by atoms with Crippen molar-refractivity contribution in [3.05, 3.63) is 0 Å². The molecule has 0 aromatic heterocycles. The first-order valence-corrected chi connectivity index (χ1v) is 8.62. The topological polar surface area (TPSA) is 91.8 Å². The molecule has 1 N–H and O–H groups in total. The SMILES string of the molecule is CC(O)C1CCN(S(=O)(=O)CS(C)(=O)=O)C1. The van der Waals surface area contributed by atoms with Gasteiger partial charge in [0, 0.05) is 19.3 Å². The van der Waals surface area contributed by atoms with Gasteiger partial charge in [-0.2, -0.15) is 0 Å². The Hall–Kier alpha value is -0.180. The number of hydrogen-bond donors (Lipinski definition) is 1. The van der Waals surface area contributed by atoms with Gasteiger partial charge in [0.2, 0.25) is 10.0 Å². The fraction of sp³-hybridized carbons (Fsp3) is 1.00. The third-order valence-electron chi connectivity index (χ3n) is 2.63. The highest BCUT2D eigenvalue weighted by molar-refractivity contribution is 8.06. The molecule has 16 heavy (non-hydrogen) atoms. The molecule has 1 aliphatic rings. The average Bonchev–Trinajstić information content (AvgIpc) is 2.46. The summed E-state index contributed by atoms with van der Waals surface area (Å²) in [5.41, 5.74) is 0. The van der Waals surface area contributed by atoms with Gasteiger partial charge in [-0.1, -0.05) is 0 Å². The maximum absolute atomic E-state index is 11.7. The third kappa shape index (κ3) is 3.69. The van der Waals surface area contributed by atoms with E-state index < -0.39 is 31.0 Å². The van der Waals surface area contributed by atoms with E-state index in [1.54, 1.807) is 6.92 Å². The Kier molecular flexibility index (Phi) is 3.99. The smallest absolute Gasteiger partial charge is 0.228 e. The zero-order chi connectivity index (χ0) is 12.6. The minimum Gasteiger partial charge on any atom is -0.393 e. The molecule has 2 atom stereocenters. The van der Waals surface area contributed by atoms with Gasteiger partial charge in [0.15, 0.2) is 14.9 Å². The monoisotopic (exact) mass is 271 g/mol. The number of sulfonamides is 1. The number of nitrogens with zero attached hydrogens (tertiary/aromatic N) is 1. The summed E-state index contributed by atoms with van der Waals surface area (Å²) >= 11 is 0. The molecule has 1 aliphatic heterocycles. The van der Waals surface area contributed by atoms with E-state index in [0.717, 1.165) is 10.6 Å². The lowest BCUT2D eigenvalue weighted by Crippen LogP contribution is -2.34. The van der Waals surface area contributed by atoms with Crippen LogP contribution in [-0.2, 0) is 19.9 Å². The summed E-state index contributed by atoms with van der Waals surface area (Å²) < 4.78 is 46.4. The number of rotatable bonds is 4. The van der Waals surface area contributed by atoms with E-state index in [9.17, 15) is 21.9 Å². The second kappa shape index (κ2) is 4.59. The molecule has 0 aliphatic carbocycles. The van der Waals surface area contributed by atoms with Crippen LogP contribution < -0.4 is 0 Å². The van der Waals surface area contributed by atoms with Crippen LogP contribution >= 0.6 is 0 Å². The van der Waals surface area contributed by atoms with Crippen molar-refractivity contribution in [1.29, 1.82) is 0 Å². The van der Waals surface area contributed by atoms with E-state index in [4.69, 9.17) is 0 Å². The van der Waals surface area contributed by atoms with E-state index in [0.29, 0.717) is 6.42 Å². The van der Waals surface area contributed by atoms with Crippen LogP contribution in [0.4, 0.5) is 0 Å². The van der Waals surface area contributed by atoms with Gasteiger partial charge in [-0.3, -0.25) is 0 Å². The van der Waals surface area contributed by atoms with Crippen molar-refractivity contribution in [1.82, 2.24) is 4.31 Å².